The Morgan fingerprint density at radius 1 is 1.47 bits per heavy atom. The highest BCUT2D eigenvalue weighted by atomic mass is 16.5. The Hall–Kier alpha value is -1.53. The van der Waals surface area contributed by atoms with Gasteiger partial charge in [-0.25, -0.2) is 0 Å². The van der Waals surface area contributed by atoms with Crippen molar-refractivity contribution in [2.45, 2.75) is 20.3 Å². The molecule has 0 bridgehead atoms. The highest BCUT2D eigenvalue weighted by Crippen LogP contribution is 2.28. The lowest BCUT2D eigenvalue weighted by Gasteiger charge is -2.35. The first-order valence-electron chi connectivity index (χ1n) is 6.02. The molecule has 0 saturated carbocycles. The summed E-state index contributed by atoms with van der Waals surface area (Å²) in [4.78, 5) is 0. The van der Waals surface area contributed by atoms with E-state index >= 15 is 0 Å². The molecule has 1 aromatic rings. The first-order chi connectivity index (χ1) is 8.21. The zero-order valence-corrected chi connectivity index (χ0v) is 10.4. The first-order valence-corrected chi connectivity index (χ1v) is 6.02. The van der Waals surface area contributed by atoms with Crippen molar-refractivity contribution in [1.82, 2.24) is 0 Å². The van der Waals surface area contributed by atoms with Crippen LogP contribution < -0.4 is 5.32 Å². The molecule has 1 saturated heterocycles. The lowest BCUT2D eigenvalue weighted by atomic mass is 9.87. The number of ether oxygens (including phenoxy) is 1. The van der Waals surface area contributed by atoms with Crippen molar-refractivity contribution in [2.75, 3.05) is 25.1 Å². The molecule has 0 radical (unpaired) electrons. The third-order valence-corrected chi connectivity index (χ3v) is 3.34. The highest BCUT2D eigenvalue weighted by Gasteiger charge is 2.38. The molecule has 0 amide bonds. The molecule has 90 valence electrons. The minimum absolute atomic E-state index is 0.326. The van der Waals surface area contributed by atoms with Gasteiger partial charge in [0.05, 0.1) is 19.3 Å². The summed E-state index contributed by atoms with van der Waals surface area (Å²) >= 11 is 0. The second-order valence-corrected chi connectivity index (χ2v) is 4.70. The average Bonchev–Trinajstić information content (AvgIpc) is 2.29. The van der Waals surface area contributed by atoms with Gasteiger partial charge in [0.15, 0.2) is 0 Å². The summed E-state index contributed by atoms with van der Waals surface area (Å²) in [5.74, 6) is 0. The van der Waals surface area contributed by atoms with Crippen LogP contribution in [0.4, 0.5) is 5.69 Å². The summed E-state index contributed by atoms with van der Waals surface area (Å²) < 4.78 is 5.14. The molecule has 0 spiro atoms. The minimum Gasteiger partial charge on any atom is -0.383 e. The largest absolute Gasteiger partial charge is 0.383 e. The van der Waals surface area contributed by atoms with E-state index in [4.69, 9.17) is 10.00 Å². The van der Waals surface area contributed by atoms with Gasteiger partial charge in [-0.2, -0.15) is 5.26 Å². The Bertz CT molecular complexity index is 444. The fraction of sp³-hybridized carbons (Fsp3) is 0.500. The number of benzene rings is 1. The SMILES string of the molecule is CCc1cccc(C)c1NCC1(C#N)COC1. The Labute approximate surface area is 102 Å². The van der Waals surface area contributed by atoms with E-state index in [2.05, 4.69) is 43.4 Å². The van der Waals surface area contributed by atoms with E-state index in [0.717, 1.165) is 6.42 Å². The van der Waals surface area contributed by atoms with Gasteiger partial charge >= 0.3 is 0 Å². The van der Waals surface area contributed by atoms with Crippen LogP contribution in [0.15, 0.2) is 18.2 Å². The number of para-hydroxylation sites is 1. The van der Waals surface area contributed by atoms with Crippen molar-refractivity contribution in [3.05, 3.63) is 29.3 Å². The molecule has 0 atom stereocenters. The van der Waals surface area contributed by atoms with Gasteiger partial charge in [-0.1, -0.05) is 25.1 Å². The van der Waals surface area contributed by atoms with E-state index in [0.29, 0.717) is 19.8 Å². The predicted octanol–water partition coefficient (Wildman–Crippen LogP) is 2.51. The zero-order chi connectivity index (χ0) is 12.3. The number of aryl methyl sites for hydroxylation is 2. The van der Waals surface area contributed by atoms with Crippen LogP contribution in [0, 0.1) is 23.7 Å². The molecule has 0 aliphatic carbocycles. The third kappa shape index (κ3) is 2.27. The monoisotopic (exact) mass is 230 g/mol. The molecule has 2 rings (SSSR count). The van der Waals surface area contributed by atoms with E-state index in [1.807, 2.05) is 0 Å². The molecule has 0 aromatic heterocycles. The maximum absolute atomic E-state index is 9.14. The molecule has 17 heavy (non-hydrogen) atoms. The van der Waals surface area contributed by atoms with Gasteiger partial charge in [0.1, 0.15) is 5.41 Å². The predicted molar refractivity (Wildman–Crippen MR) is 67.9 cm³/mol. The molecule has 3 heteroatoms. The van der Waals surface area contributed by atoms with Gasteiger partial charge in [-0.05, 0) is 24.5 Å². The number of nitrogens with zero attached hydrogens (tertiary/aromatic N) is 1. The summed E-state index contributed by atoms with van der Waals surface area (Å²) in [6, 6.07) is 8.66. The Morgan fingerprint density at radius 3 is 2.76 bits per heavy atom. The third-order valence-electron chi connectivity index (χ3n) is 3.34. The number of hydrogen-bond acceptors (Lipinski definition) is 3. The van der Waals surface area contributed by atoms with E-state index in [9.17, 15) is 0 Å². The van der Waals surface area contributed by atoms with Crippen LogP contribution in [0.25, 0.3) is 0 Å². The Kier molecular flexibility index (Phi) is 3.35. The number of hydrogen-bond donors (Lipinski definition) is 1. The van der Waals surface area contributed by atoms with Gasteiger partial charge in [0.2, 0.25) is 0 Å². The Balaban J connectivity index is 2.11. The summed E-state index contributed by atoms with van der Waals surface area (Å²) in [7, 11) is 0. The second-order valence-electron chi connectivity index (χ2n) is 4.70. The fourth-order valence-corrected chi connectivity index (χ4v) is 2.09. The normalized spacial score (nSPS) is 17.0. The average molecular weight is 230 g/mol. The smallest absolute Gasteiger partial charge is 0.121 e. The van der Waals surface area contributed by atoms with Crippen LogP contribution in [0.5, 0.6) is 0 Å². The lowest BCUT2D eigenvalue weighted by Crippen LogP contribution is -2.46. The van der Waals surface area contributed by atoms with E-state index in [1.165, 1.54) is 16.8 Å². The topological polar surface area (TPSA) is 45.0 Å². The van der Waals surface area contributed by atoms with Gasteiger partial charge in [0.25, 0.3) is 0 Å². The molecule has 1 aromatic carbocycles. The van der Waals surface area contributed by atoms with Crippen molar-refractivity contribution < 1.29 is 4.74 Å². The number of nitrogens with one attached hydrogen (secondary N) is 1. The van der Waals surface area contributed by atoms with E-state index in [1.54, 1.807) is 0 Å². The quantitative estimate of drug-likeness (QED) is 0.864. The molecular formula is C14H18N2O. The molecule has 0 unspecified atom stereocenters. The van der Waals surface area contributed by atoms with Crippen molar-refractivity contribution in [1.29, 1.82) is 5.26 Å². The summed E-state index contributed by atoms with van der Waals surface area (Å²) in [6.45, 7) is 6.00. The van der Waals surface area contributed by atoms with Crippen LogP contribution in [-0.4, -0.2) is 19.8 Å². The highest BCUT2D eigenvalue weighted by molar-refractivity contribution is 5.57. The maximum Gasteiger partial charge on any atom is 0.121 e. The molecular weight excluding hydrogens is 212 g/mol. The van der Waals surface area contributed by atoms with Gasteiger partial charge < -0.3 is 10.1 Å². The lowest BCUT2D eigenvalue weighted by molar-refractivity contribution is -0.0690. The number of nitriles is 1. The first kappa shape index (κ1) is 11.9. The van der Waals surface area contributed by atoms with Crippen LogP contribution >= 0.6 is 0 Å². The van der Waals surface area contributed by atoms with E-state index < -0.39 is 0 Å². The van der Waals surface area contributed by atoms with Crippen molar-refractivity contribution in [3.8, 4) is 6.07 Å². The molecule has 1 aliphatic heterocycles. The Morgan fingerprint density at radius 2 is 2.24 bits per heavy atom. The number of rotatable bonds is 4. The van der Waals surface area contributed by atoms with Crippen LogP contribution in [0.3, 0.4) is 0 Å². The zero-order valence-electron chi connectivity index (χ0n) is 10.4. The molecule has 1 aliphatic rings. The van der Waals surface area contributed by atoms with Gasteiger partial charge in [-0.15, -0.1) is 0 Å². The second kappa shape index (κ2) is 4.77. The number of anilines is 1. The minimum atomic E-state index is -0.326. The summed E-state index contributed by atoms with van der Waals surface area (Å²) in [5.41, 5.74) is 3.39. The van der Waals surface area contributed by atoms with Gasteiger partial charge in [-0.3, -0.25) is 0 Å². The van der Waals surface area contributed by atoms with Crippen molar-refractivity contribution >= 4 is 5.69 Å². The van der Waals surface area contributed by atoms with Crippen LogP contribution in [0.2, 0.25) is 0 Å². The van der Waals surface area contributed by atoms with Crippen LogP contribution in [0.1, 0.15) is 18.1 Å². The maximum atomic E-state index is 9.14. The van der Waals surface area contributed by atoms with Crippen molar-refractivity contribution in [3.63, 3.8) is 0 Å². The molecule has 3 nitrogen and oxygen atoms in total. The van der Waals surface area contributed by atoms with Crippen LogP contribution in [-0.2, 0) is 11.2 Å². The standard InChI is InChI=1S/C14H18N2O/c1-3-12-6-4-5-11(2)13(12)16-8-14(7-15)9-17-10-14/h4-6,16H,3,8-10H2,1-2H3. The molecule has 1 N–H and O–H groups in total. The fourth-order valence-electron chi connectivity index (χ4n) is 2.09. The van der Waals surface area contributed by atoms with Crippen molar-refractivity contribution in [2.24, 2.45) is 5.41 Å². The molecule has 1 fully saturated rings. The summed E-state index contributed by atoms with van der Waals surface area (Å²) in [6.07, 6.45) is 1.00. The summed E-state index contributed by atoms with van der Waals surface area (Å²) in [5, 5.41) is 12.6. The van der Waals surface area contributed by atoms with Gasteiger partial charge in [0, 0.05) is 12.2 Å². The van der Waals surface area contributed by atoms with E-state index in [-0.39, 0.29) is 5.41 Å². The molecule has 1 heterocycles.